The minimum atomic E-state index is -0.184. The van der Waals surface area contributed by atoms with Gasteiger partial charge in [0.15, 0.2) is 0 Å². The Bertz CT molecular complexity index is 805. The summed E-state index contributed by atoms with van der Waals surface area (Å²) in [5.74, 6) is -0.184. The Labute approximate surface area is 147 Å². The lowest BCUT2D eigenvalue weighted by atomic mass is 10.2. The Morgan fingerprint density at radius 2 is 1.56 bits per heavy atom. The van der Waals surface area contributed by atoms with Crippen molar-refractivity contribution in [1.29, 1.82) is 0 Å². The van der Waals surface area contributed by atoms with Crippen molar-refractivity contribution in [2.45, 2.75) is 6.54 Å². The first kappa shape index (κ1) is 15.8. The van der Waals surface area contributed by atoms with Gasteiger partial charge < -0.3 is 9.47 Å². The van der Waals surface area contributed by atoms with Gasteiger partial charge in [-0.3, -0.25) is 4.90 Å². The van der Waals surface area contributed by atoms with Gasteiger partial charge in [-0.05, 0) is 36.4 Å². The van der Waals surface area contributed by atoms with Crippen molar-refractivity contribution in [3.63, 3.8) is 0 Å². The van der Waals surface area contributed by atoms with Gasteiger partial charge in [0, 0.05) is 50.3 Å². The van der Waals surface area contributed by atoms with Gasteiger partial charge in [-0.2, -0.15) is 0 Å². The second-order valence-corrected chi connectivity index (χ2v) is 6.35. The molecule has 0 N–H and O–H groups in total. The number of rotatable bonds is 4. The largest absolute Gasteiger partial charge is 0.369 e. The van der Waals surface area contributed by atoms with Crippen molar-refractivity contribution in [2.75, 3.05) is 31.1 Å². The first-order chi connectivity index (χ1) is 12.3. The molecule has 0 radical (unpaired) electrons. The van der Waals surface area contributed by atoms with E-state index in [1.165, 1.54) is 12.1 Å². The van der Waals surface area contributed by atoms with Crippen LogP contribution in [-0.4, -0.2) is 40.6 Å². The quantitative estimate of drug-likeness (QED) is 0.730. The summed E-state index contributed by atoms with van der Waals surface area (Å²) in [5.41, 5.74) is 3.30. The van der Waals surface area contributed by atoms with E-state index in [0.29, 0.717) is 0 Å². The molecule has 0 unspecified atom stereocenters. The minimum absolute atomic E-state index is 0.184. The highest BCUT2D eigenvalue weighted by Crippen LogP contribution is 2.18. The highest BCUT2D eigenvalue weighted by Gasteiger charge is 2.18. The van der Waals surface area contributed by atoms with Crippen LogP contribution in [0.2, 0.25) is 0 Å². The molecule has 2 aromatic carbocycles. The summed E-state index contributed by atoms with van der Waals surface area (Å²) < 4.78 is 15.1. The van der Waals surface area contributed by atoms with Crippen molar-refractivity contribution in [3.05, 3.63) is 78.6 Å². The number of hydrogen-bond acceptors (Lipinski definition) is 3. The molecule has 1 aromatic heterocycles. The summed E-state index contributed by atoms with van der Waals surface area (Å²) in [4.78, 5) is 9.26. The van der Waals surface area contributed by atoms with Gasteiger partial charge in [0.2, 0.25) is 0 Å². The van der Waals surface area contributed by atoms with E-state index >= 15 is 0 Å². The fraction of sp³-hybridized carbons (Fsp3) is 0.250. The van der Waals surface area contributed by atoms with Crippen LogP contribution >= 0.6 is 0 Å². The van der Waals surface area contributed by atoms with Gasteiger partial charge in [0.25, 0.3) is 0 Å². The summed E-state index contributed by atoms with van der Waals surface area (Å²) in [6.07, 6.45) is 3.97. The molecule has 1 aliphatic rings. The molecule has 2 heterocycles. The number of piperazine rings is 1. The maximum atomic E-state index is 13.0. The fourth-order valence-electron chi connectivity index (χ4n) is 3.23. The number of nitrogens with zero attached hydrogens (tertiary/aromatic N) is 4. The van der Waals surface area contributed by atoms with Crippen LogP contribution in [0.4, 0.5) is 10.1 Å². The maximum absolute atomic E-state index is 13.0. The van der Waals surface area contributed by atoms with E-state index < -0.39 is 0 Å². The number of para-hydroxylation sites is 1. The van der Waals surface area contributed by atoms with Gasteiger partial charge in [0.1, 0.15) is 5.82 Å². The van der Waals surface area contributed by atoms with Crippen LogP contribution in [0.1, 0.15) is 5.69 Å². The first-order valence-corrected chi connectivity index (χ1v) is 8.59. The number of anilines is 1. The number of imidazole rings is 1. The predicted octanol–water partition coefficient (Wildman–Crippen LogP) is 3.33. The molecule has 1 aliphatic heterocycles. The average molecular weight is 336 g/mol. The van der Waals surface area contributed by atoms with Gasteiger partial charge in [-0.1, -0.05) is 18.2 Å². The summed E-state index contributed by atoms with van der Waals surface area (Å²) in [6, 6.07) is 17.0. The van der Waals surface area contributed by atoms with Crippen LogP contribution in [0.15, 0.2) is 67.1 Å². The molecule has 4 nitrogen and oxygen atoms in total. The third kappa shape index (κ3) is 3.72. The summed E-state index contributed by atoms with van der Waals surface area (Å²) in [6.45, 7) is 4.72. The molecule has 3 aromatic rings. The molecule has 1 saturated heterocycles. The number of benzene rings is 2. The maximum Gasteiger partial charge on any atom is 0.123 e. The zero-order valence-corrected chi connectivity index (χ0v) is 14.1. The van der Waals surface area contributed by atoms with E-state index in [9.17, 15) is 4.39 Å². The lowest BCUT2D eigenvalue weighted by Gasteiger charge is -2.35. The third-order valence-corrected chi connectivity index (χ3v) is 4.64. The molecule has 0 aliphatic carbocycles. The van der Waals surface area contributed by atoms with Crippen LogP contribution in [0.25, 0.3) is 5.69 Å². The normalized spacial score (nSPS) is 15.5. The van der Waals surface area contributed by atoms with Crippen LogP contribution < -0.4 is 4.90 Å². The third-order valence-electron chi connectivity index (χ3n) is 4.64. The van der Waals surface area contributed by atoms with Gasteiger partial charge >= 0.3 is 0 Å². The van der Waals surface area contributed by atoms with E-state index in [0.717, 1.165) is 49.8 Å². The molecule has 0 spiro atoms. The molecule has 0 bridgehead atoms. The monoisotopic (exact) mass is 336 g/mol. The van der Waals surface area contributed by atoms with E-state index in [-0.39, 0.29) is 5.82 Å². The van der Waals surface area contributed by atoms with Crippen molar-refractivity contribution in [1.82, 2.24) is 14.5 Å². The number of aromatic nitrogens is 2. The predicted molar refractivity (Wildman–Crippen MR) is 97.5 cm³/mol. The lowest BCUT2D eigenvalue weighted by molar-refractivity contribution is 0.247. The summed E-state index contributed by atoms with van der Waals surface area (Å²) in [7, 11) is 0. The van der Waals surface area contributed by atoms with E-state index in [4.69, 9.17) is 0 Å². The van der Waals surface area contributed by atoms with E-state index in [1.54, 1.807) is 0 Å². The van der Waals surface area contributed by atoms with Gasteiger partial charge in [0.05, 0.1) is 12.0 Å². The SMILES string of the molecule is Fc1ccc(N2CCN(Cc3cn(-c4ccccc4)cn3)CC2)cc1. The Morgan fingerprint density at radius 3 is 2.28 bits per heavy atom. The Hall–Kier alpha value is -2.66. The number of hydrogen-bond donors (Lipinski definition) is 0. The molecule has 5 heteroatoms. The molecular weight excluding hydrogens is 315 g/mol. The van der Waals surface area contributed by atoms with E-state index in [2.05, 4.69) is 37.7 Å². The standard InChI is InChI=1S/C20H21FN4/c21-17-6-8-20(9-7-17)24-12-10-23(11-13-24)14-18-15-25(16-22-18)19-4-2-1-3-5-19/h1-9,15-16H,10-14H2. The van der Waals surface area contributed by atoms with E-state index in [1.807, 2.05) is 36.7 Å². The Morgan fingerprint density at radius 1 is 0.840 bits per heavy atom. The smallest absolute Gasteiger partial charge is 0.123 e. The van der Waals surface area contributed by atoms with Crippen molar-refractivity contribution >= 4 is 5.69 Å². The summed E-state index contributed by atoms with van der Waals surface area (Å²) in [5, 5.41) is 0. The van der Waals surface area contributed by atoms with Gasteiger partial charge in [-0.15, -0.1) is 0 Å². The second-order valence-electron chi connectivity index (χ2n) is 6.35. The van der Waals surface area contributed by atoms with Crippen molar-refractivity contribution in [3.8, 4) is 5.69 Å². The van der Waals surface area contributed by atoms with Crippen LogP contribution in [0.3, 0.4) is 0 Å². The molecule has 1 fully saturated rings. The van der Waals surface area contributed by atoms with Crippen LogP contribution in [0.5, 0.6) is 0 Å². The second kappa shape index (κ2) is 7.07. The van der Waals surface area contributed by atoms with Gasteiger partial charge in [-0.25, -0.2) is 9.37 Å². The molecule has 128 valence electrons. The first-order valence-electron chi connectivity index (χ1n) is 8.59. The zero-order valence-electron chi connectivity index (χ0n) is 14.1. The number of halogens is 1. The fourth-order valence-corrected chi connectivity index (χ4v) is 3.23. The zero-order chi connectivity index (χ0) is 17.1. The highest BCUT2D eigenvalue weighted by atomic mass is 19.1. The molecule has 0 atom stereocenters. The Balaban J connectivity index is 1.34. The molecular formula is C20H21FN4. The average Bonchev–Trinajstić information content (AvgIpc) is 3.12. The van der Waals surface area contributed by atoms with Crippen molar-refractivity contribution < 1.29 is 4.39 Å². The lowest BCUT2D eigenvalue weighted by Crippen LogP contribution is -2.46. The molecule has 25 heavy (non-hydrogen) atoms. The Kier molecular flexibility index (Phi) is 4.48. The minimum Gasteiger partial charge on any atom is -0.369 e. The van der Waals surface area contributed by atoms with Crippen molar-refractivity contribution in [2.24, 2.45) is 0 Å². The molecule has 4 rings (SSSR count). The van der Waals surface area contributed by atoms with Crippen LogP contribution in [0, 0.1) is 5.82 Å². The molecule has 0 amide bonds. The molecule has 0 saturated carbocycles. The highest BCUT2D eigenvalue weighted by molar-refractivity contribution is 5.46. The van der Waals surface area contributed by atoms with Crippen LogP contribution in [-0.2, 0) is 6.54 Å². The summed E-state index contributed by atoms with van der Waals surface area (Å²) >= 11 is 0. The topological polar surface area (TPSA) is 24.3 Å².